The van der Waals surface area contributed by atoms with E-state index in [-0.39, 0.29) is 11.6 Å². The number of amides is 1. The van der Waals surface area contributed by atoms with Gasteiger partial charge in [0, 0.05) is 17.7 Å². The highest BCUT2D eigenvalue weighted by atomic mass is 32.2. The number of nitro benzene ring substituents is 1. The molecule has 1 aliphatic rings. The summed E-state index contributed by atoms with van der Waals surface area (Å²) in [4.78, 5) is 22.4. The number of nitro groups is 1. The quantitative estimate of drug-likeness (QED) is 0.496. The molecule has 0 aromatic heterocycles. The molecule has 1 heterocycles. The van der Waals surface area contributed by atoms with E-state index in [4.69, 9.17) is 0 Å². The Bertz CT molecular complexity index is 916. The molecule has 1 saturated heterocycles. The molecule has 2 aromatic carbocycles. The average molecular weight is 372 g/mol. The number of nitrogens with zero attached hydrogens (tertiary/aromatic N) is 3. The number of thioether (sulfide) groups is 1. The Morgan fingerprint density at radius 1 is 1.27 bits per heavy atom. The zero-order valence-electron chi connectivity index (χ0n) is 13.3. The van der Waals surface area contributed by atoms with E-state index < -0.39 is 16.0 Å². The summed E-state index contributed by atoms with van der Waals surface area (Å²) in [5.74, 6) is -0.663. The molecule has 9 heteroatoms. The van der Waals surface area contributed by atoms with Gasteiger partial charge in [-0.1, -0.05) is 42.1 Å². The van der Waals surface area contributed by atoms with Gasteiger partial charge in [0.2, 0.25) is 5.91 Å². The maximum Gasteiger partial charge on any atom is 0.269 e. The maximum atomic E-state index is 13.5. The molecular formula is C17H13FN4O3S. The Morgan fingerprint density at radius 2 is 2.08 bits per heavy atom. The number of non-ortho nitro benzene ring substituents is 1. The van der Waals surface area contributed by atoms with Gasteiger partial charge in [0.1, 0.15) is 5.82 Å². The van der Waals surface area contributed by atoms with Crippen LogP contribution in [0.1, 0.15) is 11.1 Å². The van der Waals surface area contributed by atoms with Crippen LogP contribution in [0.2, 0.25) is 0 Å². The molecule has 2 aromatic rings. The van der Waals surface area contributed by atoms with E-state index in [0.717, 1.165) is 0 Å². The van der Waals surface area contributed by atoms with Gasteiger partial charge in [0.25, 0.3) is 5.69 Å². The van der Waals surface area contributed by atoms with E-state index in [1.165, 1.54) is 36.2 Å². The topological polar surface area (TPSA) is 97.0 Å². The smallest absolute Gasteiger partial charge is 0.269 e. The van der Waals surface area contributed by atoms with Gasteiger partial charge in [-0.25, -0.2) is 4.39 Å². The highest BCUT2D eigenvalue weighted by molar-refractivity contribution is 8.15. The SMILES string of the molecule is O=C1N/C(=N\N=C\c2ccccc2F)SC1Cc1cccc([N+](=O)[O-])c1. The Labute approximate surface area is 152 Å². The van der Waals surface area contributed by atoms with E-state index in [1.807, 2.05) is 0 Å². The molecule has 0 aliphatic carbocycles. The number of carbonyl (C=O) groups is 1. The van der Waals surface area contributed by atoms with Gasteiger partial charge >= 0.3 is 0 Å². The van der Waals surface area contributed by atoms with E-state index in [9.17, 15) is 19.3 Å². The zero-order valence-corrected chi connectivity index (χ0v) is 14.1. The summed E-state index contributed by atoms with van der Waals surface area (Å²) < 4.78 is 13.5. The number of rotatable bonds is 5. The van der Waals surface area contributed by atoms with Crippen molar-refractivity contribution in [1.82, 2.24) is 5.32 Å². The van der Waals surface area contributed by atoms with Crippen LogP contribution in [-0.2, 0) is 11.2 Å². The predicted octanol–water partition coefficient (Wildman–Crippen LogP) is 2.90. The molecule has 0 radical (unpaired) electrons. The molecular weight excluding hydrogens is 359 g/mol. The molecule has 7 nitrogen and oxygen atoms in total. The van der Waals surface area contributed by atoms with Crippen molar-refractivity contribution in [2.75, 3.05) is 0 Å². The van der Waals surface area contributed by atoms with Gasteiger partial charge in [-0.3, -0.25) is 14.9 Å². The first-order chi connectivity index (χ1) is 12.5. The van der Waals surface area contributed by atoms with Gasteiger partial charge in [0.15, 0.2) is 5.17 Å². The lowest BCUT2D eigenvalue weighted by Crippen LogP contribution is -2.25. The second-order valence-corrected chi connectivity index (χ2v) is 6.59. The van der Waals surface area contributed by atoms with Crippen molar-refractivity contribution in [3.63, 3.8) is 0 Å². The van der Waals surface area contributed by atoms with Crippen molar-refractivity contribution in [2.24, 2.45) is 10.2 Å². The second kappa shape index (κ2) is 7.87. The Kier molecular flexibility index (Phi) is 5.37. The Hall–Kier alpha value is -3.07. The van der Waals surface area contributed by atoms with Gasteiger partial charge in [-0.05, 0) is 18.1 Å². The van der Waals surface area contributed by atoms with E-state index >= 15 is 0 Å². The first kappa shape index (κ1) is 17.7. The van der Waals surface area contributed by atoms with Gasteiger partial charge in [-0.15, -0.1) is 5.10 Å². The number of carbonyl (C=O) groups excluding carboxylic acids is 1. The van der Waals surface area contributed by atoms with Crippen LogP contribution in [0.3, 0.4) is 0 Å². The maximum absolute atomic E-state index is 13.5. The molecule has 3 rings (SSSR count). The normalized spacial score (nSPS) is 18.4. The molecule has 0 saturated carbocycles. The van der Waals surface area contributed by atoms with Crippen LogP contribution < -0.4 is 5.32 Å². The fourth-order valence-electron chi connectivity index (χ4n) is 2.32. The minimum absolute atomic E-state index is 0.0192. The van der Waals surface area contributed by atoms with Crippen molar-refractivity contribution in [1.29, 1.82) is 0 Å². The Balaban J connectivity index is 1.66. The molecule has 26 heavy (non-hydrogen) atoms. The van der Waals surface area contributed by atoms with Gasteiger partial charge < -0.3 is 5.32 Å². The van der Waals surface area contributed by atoms with Crippen molar-refractivity contribution in [3.8, 4) is 0 Å². The third-order valence-corrected chi connectivity index (χ3v) is 4.64. The van der Waals surface area contributed by atoms with Crippen molar-refractivity contribution in [3.05, 3.63) is 75.6 Å². The second-order valence-electron chi connectivity index (χ2n) is 5.40. The third-order valence-electron chi connectivity index (χ3n) is 3.57. The van der Waals surface area contributed by atoms with Gasteiger partial charge in [-0.2, -0.15) is 5.10 Å². The highest BCUT2D eigenvalue weighted by Gasteiger charge is 2.30. The van der Waals surface area contributed by atoms with E-state index in [1.54, 1.807) is 30.3 Å². The lowest BCUT2D eigenvalue weighted by atomic mass is 10.1. The van der Waals surface area contributed by atoms with Crippen LogP contribution in [0.5, 0.6) is 0 Å². The summed E-state index contributed by atoms with van der Waals surface area (Å²) in [6.45, 7) is 0. The Morgan fingerprint density at radius 3 is 2.85 bits per heavy atom. The monoisotopic (exact) mass is 372 g/mol. The number of hydrogen-bond acceptors (Lipinski definition) is 6. The molecule has 1 N–H and O–H groups in total. The molecule has 1 fully saturated rings. The molecule has 1 amide bonds. The summed E-state index contributed by atoms with van der Waals surface area (Å²) in [5, 5.41) is 21.0. The molecule has 1 atom stereocenters. The number of amidine groups is 1. The number of hydrogen-bond donors (Lipinski definition) is 1. The standard InChI is InChI=1S/C17H13FN4O3S/c18-14-7-2-1-5-12(14)10-19-21-17-20-16(23)15(26-17)9-11-4-3-6-13(8-11)22(24)25/h1-8,10,15H,9H2,(H,20,21,23)/b19-10+. The number of nitrogens with one attached hydrogen (secondary N) is 1. The van der Waals surface area contributed by atoms with Crippen molar-refractivity contribution < 1.29 is 14.1 Å². The van der Waals surface area contributed by atoms with Crippen LogP contribution in [0, 0.1) is 15.9 Å². The minimum atomic E-state index is -0.477. The van der Waals surface area contributed by atoms with Crippen LogP contribution >= 0.6 is 11.8 Å². The number of halogens is 1. The van der Waals surface area contributed by atoms with Crippen molar-refractivity contribution in [2.45, 2.75) is 11.7 Å². The van der Waals surface area contributed by atoms with E-state index in [2.05, 4.69) is 15.5 Å². The zero-order chi connectivity index (χ0) is 18.5. The summed E-state index contributed by atoms with van der Waals surface area (Å²) >= 11 is 1.18. The fourth-order valence-corrected chi connectivity index (χ4v) is 3.29. The van der Waals surface area contributed by atoms with Crippen LogP contribution in [0.4, 0.5) is 10.1 Å². The lowest BCUT2D eigenvalue weighted by Gasteiger charge is -2.04. The average Bonchev–Trinajstić information content (AvgIpc) is 2.96. The van der Waals surface area contributed by atoms with Crippen LogP contribution in [0.25, 0.3) is 0 Å². The van der Waals surface area contributed by atoms with Crippen molar-refractivity contribution >= 4 is 34.7 Å². The van der Waals surface area contributed by atoms with Crippen LogP contribution in [-0.4, -0.2) is 27.5 Å². The summed E-state index contributed by atoms with van der Waals surface area (Å²) in [5.41, 5.74) is 0.955. The lowest BCUT2D eigenvalue weighted by molar-refractivity contribution is -0.384. The van der Waals surface area contributed by atoms with Gasteiger partial charge in [0.05, 0.1) is 16.4 Å². The summed E-state index contributed by atoms with van der Waals surface area (Å²) in [6.07, 6.45) is 1.59. The molecule has 0 spiro atoms. The number of benzene rings is 2. The molecule has 0 bridgehead atoms. The molecule has 132 valence electrons. The van der Waals surface area contributed by atoms with E-state index in [0.29, 0.717) is 22.7 Å². The summed E-state index contributed by atoms with van der Waals surface area (Å²) in [6, 6.07) is 12.3. The third kappa shape index (κ3) is 4.31. The predicted molar refractivity (Wildman–Crippen MR) is 97.8 cm³/mol. The molecule has 1 unspecified atom stereocenters. The summed E-state index contributed by atoms with van der Waals surface area (Å²) in [7, 11) is 0. The largest absolute Gasteiger partial charge is 0.303 e. The van der Waals surface area contributed by atoms with Crippen LogP contribution in [0.15, 0.2) is 58.7 Å². The first-order valence-corrected chi connectivity index (χ1v) is 8.47. The first-order valence-electron chi connectivity index (χ1n) is 7.59. The highest BCUT2D eigenvalue weighted by Crippen LogP contribution is 2.24. The fraction of sp³-hybridized carbons (Fsp3) is 0.118. The molecule has 1 aliphatic heterocycles. The minimum Gasteiger partial charge on any atom is -0.303 e.